The van der Waals surface area contributed by atoms with Crippen LogP contribution < -0.4 is 0 Å². The third-order valence-electron chi connectivity index (χ3n) is 3.53. The summed E-state index contributed by atoms with van der Waals surface area (Å²) in [6.45, 7) is 3.51. The fourth-order valence-corrected chi connectivity index (χ4v) is 2.28. The van der Waals surface area contributed by atoms with Crippen molar-refractivity contribution in [2.75, 3.05) is 32.9 Å². The Morgan fingerprint density at radius 2 is 2.09 bits per heavy atom. The van der Waals surface area contributed by atoms with Crippen LogP contribution in [0.2, 0.25) is 0 Å². The van der Waals surface area contributed by atoms with E-state index in [4.69, 9.17) is 9.47 Å². The van der Waals surface area contributed by atoms with Gasteiger partial charge in [0.2, 0.25) is 0 Å². The fraction of sp³-hybridized carbons (Fsp3) is 0.500. The van der Waals surface area contributed by atoms with Gasteiger partial charge in [-0.2, -0.15) is 0 Å². The molecule has 1 aliphatic heterocycles. The van der Waals surface area contributed by atoms with Gasteiger partial charge in [-0.3, -0.25) is 9.59 Å². The van der Waals surface area contributed by atoms with Gasteiger partial charge in [-0.25, -0.2) is 4.39 Å². The van der Waals surface area contributed by atoms with E-state index < -0.39 is 11.9 Å². The molecular formula is C16H20FNO4. The average Bonchev–Trinajstić information content (AvgIpc) is 2.53. The van der Waals surface area contributed by atoms with Crippen LogP contribution in [-0.2, 0) is 25.5 Å². The molecule has 120 valence electrons. The molecule has 0 aliphatic carbocycles. The van der Waals surface area contributed by atoms with Crippen molar-refractivity contribution in [1.82, 2.24) is 4.90 Å². The number of hydrogen-bond donors (Lipinski definition) is 0. The molecule has 1 saturated heterocycles. The molecule has 6 heteroatoms. The van der Waals surface area contributed by atoms with Crippen molar-refractivity contribution in [3.05, 3.63) is 35.6 Å². The van der Waals surface area contributed by atoms with Gasteiger partial charge in [0.05, 0.1) is 19.1 Å². The van der Waals surface area contributed by atoms with Gasteiger partial charge in [0.15, 0.2) is 6.61 Å². The molecule has 1 amide bonds. The second-order valence-electron chi connectivity index (χ2n) is 5.34. The molecule has 0 saturated carbocycles. The quantitative estimate of drug-likeness (QED) is 0.772. The summed E-state index contributed by atoms with van der Waals surface area (Å²) in [7, 11) is 0. The van der Waals surface area contributed by atoms with Gasteiger partial charge in [-0.05, 0) is 24.1 Å². The minimum Gasteiger partial charge on any atom is -0.455 e. The summed E-state index contributed by atoms with van der Waals surface area (Å²) in [5.74, 6) is -1.43. The highest BCUT2D eigenvalue weighted by Crippen LogP contribution is 2.12. The maximum absolute atomic E-state index is 13.1. The lowest BCUT2D eigenvalue weighted by molar-refractivity contribution is -0.156. The summed E-state index contributed by atoms with van der Waals surface area (Å²) in [6, 6.07) is 6.10. The lowest BCUT2D eigenvalue weighted by Crippen LogP contribution is -2.43. The normalized spacial score (nSPS) is 16.2. The van der Waals surface area contributed by atoms with E-state index in [1.165, 1.54) is 12.1 Å². The van der Waals surface area contributed by atoms with Crippen molar-refractivity contribution in [1.29, 1.82) is 0 Å². The van der Waals surface area contributed by atoms with Crippen LogP contribution in [0.1, 0.15) is 12.5 Å². The van der Waals surface area contributed by atoms with E-state index in [1.54, 1.807) is 24.0 Å². The molecule has 22 heavy (non-hydrogen) atoms. The first-order valence-corrected chi connectivity index (χ1v) is 7.33. The van der Waals surface area contributed by atoms with E-state index in [9.17, 15) is 14.0 Å². The van der Waals surface area contributed by atoms with E-state index in [-0.39, 0.29) is 18.3 Å². The van der Waals surface area contributed by atoms with E-state index >= 15 is 0 Å². The summed E-state index contributed by atoms with van der Waals surface area (Å²) in [5, 5.41) is 0. The molecule has 0 aromatic heterocycles. The summed E-state index contributed by atoms with van der Waals surface area (Å²) in [5.41, 5.74) is 0.726. The van der Waals surface area contributed by atoms with Gasteiger partial charge in [0.1, 0.15) is 5.82 Å². The predicted molar refractivity (Wildman–Crippen MR) is 77.6 cm³/mol. The van der Waals surface area contributed by atoms with Crippen LogP contribution in [0.3, 0.4) is 0 Å². The highest BCUT2D eigenvalue weighted by molar-refractivity contribution is 5.81. The van der Waals surface area contributed by atoms with Crippen LogP contribution in [-0.4, -0.2) is 49.7 Å². The number of rotatable bonds is 5. The molecular weight excluding hydrogens is 289 g/mol. The van der Waals surface area contributed by atoms with Crippen LogP contribution in [0.25, 0.3) is 0 Å². The lowest BCUT2D eigenvalue weighted by Gasteiger charge is -2.26. The molecule has 0 radical (unpaired) electrons. The molecule has 1 aliphatic rings. The van der Waals surface area contributed by atoms with Gasteiger partial charge in [0, 0.05) is 13.1 Å². The van der Waals surface area contributed by atoms with Crippen molar-refractivity contribution >= 4 is 11.9 Å². The molecule has 5 nitrogen and oxygen atoms in total. The first-order chi connectivity index (χ1) is 10.6. The highest BCUT2D eigenvalue weighted by atomic mass is 19.1. The van der Waals surface area contributed by atoms with Crippen molar-refractivity contribution in [3.8, 4) is 0 Å². The standard InChI is InChI=1S/C16H20FNO4/c1-12(9-13-3-2-4-14(17)10-13)16(20)22-11-15(19)18-5-7-21-8-6-18/h2-4,10,12H,5-9,11H2,1H3. The molecule has 1 unspecified atom stereocenters. The second kappa shape index (κ2) is 7.89. The lowest BCUT2D eigenvalue weighted by atomic mass is 10.0. The second-order valence-corrected chi connectivity index (χ2v) is 5.34. The molecule has 1 atom stereocenters. The van der Waals surface area contributed by atoms with Crippen LogP contribution in [0.5, 0.6) is 0 Å². The van der Waals surface area contributed by atoms with Gasteiger partial charge in [-0.15, -0.1) is 0 Å². The van der Waals surface area contributed by atoms with Gasteiger partial charge in [-0.1, -0.05) is 19.1 Å². The Balaban J connectivity index is 1.77. The largest absolute Gasteiger partial charge is 0.455 e. The van der Waals surface area contributed by atoms with E-state index in [2.05, 4.69) is 0 Å². The van der Waals surface area contributed by atoms with Crippen LogP contribution >= 0.6 is 0 Å². The van der Waals surface area contributed by atoms with Gasteiger partial charge in [0.25, 0.3) is 5.91 Å². The van der Waals surface area contributed by atoms with E-state index in [1.807, 2.05) is 0 Å². The zero-order valence-corrected chi connectivity index (χ0v) is 12.6. The number of halogens is 1. The summed E-state index contributed by atoms with van der Waals surface area (Å²) >= 11 is 0. The topological polar surface area (TPSA) is 55.8 Å². The Kier molecular flexibility index (Phi) is 5.89. The van der Waals surface area contributed by atoms with E-state index in [0.29, 0.717) is 32.7 Å². The Morgan fingerprint density at radius 3 is 2.77 bits per heavy atom. The number of hydrogen-bond acceptors (Lipinski definition) is 4. The van der Waals surface area contributed by atoms with Crippen LogP contribution in [0.15, 0.2) is 24.3 Å². The Labute approximate surface area is 129 Å². The predicted octanol–water partition coefficient (Wildman–Crippen LogP) is 1.41. The van der Waals surface area contributed by atoms with Crippen LogP contribution in [0, 0.1) is 11.7 Å². The third kappa shape index (κ3) is 4.80. The number of ether oxygens (including phenoxy) is 2. The third-order valence-corrected chi connectivity index (χ3v) is 3.53. The van der Waals surface area contributed by atoms with Crippen molar-refractivity contribution < 1.29 is 23.5 Å². The van der Waals surface area contributed by atoms with Gasteiger partial charge < -0.3 is 14.4 Å². The fourth-order valence-electron chi connectivity index (χ4n) is 2.28. The van der Waals surface area contributed by atoms with E-state index in [0.717, 1.165) is 5.56 Å². The molecule has 1 aromatic rings. The number of carbonyl (C=O) groups excluding carboxylic acids is 2. The first-order valence-electron chi connectivity index (χ1n) is 7.33. The number of benzene rings is 1. The summed E-state index contributed by atoms with van der Waals surface area (Å²) in [4.78, 5) is 25.4. The van der Waals surface area contributed by atoms with Gasteiger partial charge >= 0.3 is 5.97 Å². The molecule has 1 fully saturated rings. The molecule has 0 spiro atoms. The number of morpholine rings is 1. The molecule has 2 rings (SSSR count). The van der Waals surface area contributed by atoms with Crippen molar-refractivity contribution in [2.45, 2.75) is 13.3 Å². The maximum Gasteiger partial charge on any atom is 0.309 e. The minimum absolute atomic E-state index is 0.213. The monoisotopic (exact) mass is 309 g/mol. The maximum atomic E-state index is 13.1. The molecule has 0 bridgehead atoms. The zero-order chi connectivity index (χ0) is 15.9. The minimum atomic E-state index is -0.453. The Morgan fingerprint density at radius 1 is 1.36 bits per heavy atom. The molecule has 1 heterocycles. The number of carbonyl (C=O) groups is 2. The van der Waals surface area contributed by atoms with Crippen LogP contribution in [0.4, 0.5) is 4.39 Å². The Bertz CT molecular complexity index is 529. The average molecular weight is 309 g/mol. The highest BCUT2D eigenvalue weighted by Gasteiger charge is 2.21. The smallest absolute Gasteiger partial charge is 0.309 e. The summed E-state index contributed by atoms with van der Waals surface area (Å²) in [6.07, 6.45) is 0.377. The number of nitrogens with zero attached hydrogens (tertiary/aromatic N) is 1. The molecule has 0 N–H and O–H groups in total. The SMILES string of the molecule is CC(Cc1cccc(F)c1)C(=O)OCC(=O)N1CCOCC1. The van der Waals surface area contributed by atoms with Crippen molar-refractivity contribution in [3.63, 3.8) is 0 Å². The number of amides is 1. The summed E-state index contributed by atoms with van der Waals surface area (Å²) < 4.78 is 23.3. The zero-order valence-electron chi connectivity index (χ0n) is 12.6. The number of esters is 1. The van der Waals surface area contributed by atoms with Crippen molar-refractivity contribution in [2.24, 2.45) is 5.92 Å². The Hall–Kier alpha value is -1.95. The first kappa shape index (κ1) is 16.4. The molecule has 1 aromatic carbocycles.